The maximum Gasteiger partial charge on any atom is 0.320 e. The number of nitrogens with one attached hydrogen (secondary N) is 1. The molecule has 0 heterocycles. The number of nitrogens with two attached hydrogens (primary N) is 1. The highest BCUT2D eigenvalue weighted by atomic mass is 32.2. The summed E-state index contributed by atoms with van der Waals surface area (Å²) in [4.78, 5) is 18.4. The van der Waals surface area contributed by atoms with Gasteiger partial charge < -0.3 is 10.8 Å². The zero-order valence-electron chi connectivity index (χ0n) is 6.74. The van der Waals surface area contributed by atoms with E-state index in [0.29, 0.717) is 6.42 Å². The average Bonchev–Trinajstić information content (AvgIpc) is 2.01. The van der Waals surface area contributed by atoms with Crippen molar-refractivity contribution >= 4 is 23.8 Å². The van der Waals surface area contributed by atoms with Crippen LogP contribution in [0.3, 0.4) is 0 Å². The second kappa shape index (κ2) is 10.2. The molecule has 6 heteroatoms. The Morgan fingerprint density at radius 2 is 2.25 bits per heavy atom. The third-order valence-electron chi connectivity index (χ3n) is 0.950. The lowest BCUT2D eigenvalue weighted by molar-refractivity contribution is -0.138. The first-order valence-corrected chi connectivity index (χ1v) is 4.50. The van der Waals surface area contributed by atoms with Crippen LogP contribution in [0.2, 0.25) is 0 Å². The Bertz CT molecular complexity index is 157. The molecule has 0 aliphatic carbocycles. The van der Waals surface area contributed by atoms with Crippen LogP contribution in [0.5, 0.6) is 0 Å². The van der Waals surface area contributed by atoms with Crippen molar-refractivity contribution in [2.75, 3.05) is 12.0 Å². The number of aliphatic carboxylic acids is 1. The molecule has 0 bridgehead atoms. The molecule has 0 aromatic heterocycles. The van der Waals surface area contributed by atoms with E-state index in [1.807, 2.05) is 6.26 Å². The predicted molar refractivity (Wildman–Crippen MR) is 47.0 cm³/mol. The Morgan fingerprint density at radius 3 is 2.50 bits per heavy atom. The van der Waals surface area contributed by atoms with Gasteiger partial charge >= 0.3 is 5.97 Å². The monoisotopic (exact) mass is 192 g/mol. The van der Waals surface area contributed by atoms with Gasteiger partial charge in [0.2, 0.25) is 6.08 Å². The number of carboxylic acid groups (broad SMARTS) is 1. The third-order valence-corrected chi connectivity index (χ3v) is 1.59. The average molecular weight is 192 g/mol. The van der Waals surface area contributed by atoms with E-state index < -0.39 is 12.0 Å². The number of rotatable bonds is 4. The second-order valence-electron chi connectivity index (χ2n) is 1.83. The predicted octanol–water partition coefficient (Wildman–Crippen LogP) is 0.0524. The van der Waals surface area contributed by atoms with Gasteiger partial charge in [0.15, 0.2) is 0 Å². The molecule has 0 amide bonds. The maximum absolute atomic E-state index is 10.1. The van der Waals surface area contributed by atoms with Crippen LogP contribution in [0.25, 0.3) is 0 Å². The fourth-order valence-corrected chi connectivity index (χ4v) is 0.858. The third kappa shape index (κ3) is 11.9. The van der Waals surface area contributed by atoms with Gasteiger partial charge in [-0.15, -0.1) is 0 Å². The minimum Gasteiger partial charge on any atom is -0.480 e. The lowest BCUT2D eigenvalue weighted by Gasteiger charge is -2.02. The van der Waals surface area contributed by atoms with E-state index in [1.54, 1.807) is 11.8 Å². The fraction of sp³-hybridized carbons (Fsp3) is 0.667. The van der Waals surface area contributed by atoms with E-state index in [2.05, 4.69) is 0 Å². The first-order valence-electron chi connectivity index (χ1n) is 3.11. The van der Waals surface area contributed by atoms with Crippen molar-refractivity contribution in [3.8, 4) is 0 Å². The fourth-order valence-electron chi connectivity index (χ4n) is 0.368. The molecule has 0 rings (SSSR count). The minimum atomic E-state index is -0.913. The van der Waals surface area contributed by atoms with Gasteiger partial charge in [0.25, 0.3) is 0 Å². The van der Waals surface area contributed by atoms with Gasteiger partial charge in [0.05, 0.1) is 0 Å². The van der Waals surface area contributed by atoms with Gasteiger partial charge in [0.1, 0.15) is 6.04 Å². The Labute approximate surface area is 74.8 Å². The van der Waals surface area contributed by atoms with Gasteiger partial charge in [-0.2, -0.15) is 11.8 Å². The van der Waals surface area contributed by atoms with E-state index in [0.717, 1.165) is 11.8 Å². The van der Waals surface area contributed by atoms with Crippen molar-refractivity contribution in [2.24, 2.45) is 5.73 Å². The zero-order chi connectivity index (χ0) is 9.98. The van der Waals surface area contributed by atoms with Gasteiger partial charge in [-0.25, -0.2) is 10.2 Å². The van der Waals surface area contributed by atoms with E-state index in [-0.39, 0.29) is 0 Å². The van der Waals surface area contributed by atoms with Crippen LogP contribution < -0.4 is 5.73 Å². The van der Waals surface area contributed by atoms with Crippen LogP contribution in [0.15, 0.2) is 0 Å². The highest BCUT2D eigenvalue weighted by Gasteiger charge is 2.08. The standard InChI is InChI=1S/C5H11NO2S.CHNO/c1-9-3-2-4(6)5(7)8;2-1-3/h4H,2-3,6H2,1H3,(H,7,8);2H/t4-;/m0./s1. The van der Waals surface area contributed by atoms with Crippen molar-refractivity contribution in [3.05, 3.63) is 0 Å². The lowest BCUT2D eigenvalue weighted by atomic mass is 10.2. The summed E-state index contributed by atoms with van der Waals surface area (Å²) in [6, 6.07) is -0.683. The molecule has 0 unspecified atom stereocenters. The maximum atomic E-state index is 10.1. The molecule has 0 fully saturated rings. The molecule has 12 heavy (non-hydrogen) atoms. The molecule has 0 aliphatic heterocycles. The summed E-state index contributed by atoms with van der Waals surface area (Å²) in [5, 5.41) is 13.7. The number of hydrogen-bond acceptors (Lipinski definition) is 5. The van der Waals surface area contributed by atoms with Crippen molar-refractivity contribution in [2.45, 2.75) is 12.5 Å². The molecule has 5 nitrogen and oxygen atoms in total. The summed E-state index contributed by atoms with van der Waals surface area (Å²) in [7, 11) is 0. The van der Waals surface area contributed by atoms with Gasteiger partial charge in [-0.1, -0.05) is 0 Å². The topological polar surface area (TPSA) is 104 Å². The van der Waals surface area contributed by atoms with E-state index in [1.165, 1.54) is 0 Å². The van der Waals surface area contributed by atoms with E-state index in [4.69, 9.17) is 21.0 Å². The number of carboxylic acids is 1. The number of hydrogen-bond donors (Lipinski definition) is 3. The van der Waals surface area contributed by atoms with Crippen LogP contribution in [0.4, 0.5) is 0 Å². The molecular weight excluding hydrogens is 180 g/mol. The van der Waals surface area contributed by atoms with Gasteiger partial charge in [-0.05, 0) is 18.4 Å². The second-order valence-corrected chi connectivity index (χ2v) is 2.81. The minimum absolute atomic E-state index is 0.552. The quantitative estimate of drug-likeness (QED) is 0.431. The number of thioether (sulfide) groups is 1. The van der Waals surface area contributed by atoms with Crippen molar-refractivity contribution < 1.29 is 14.7 Å². The Balaban J connectivity index is 0. The zero-order valence-corrected chi connectivity index (χ0v) is 7.56. The molecule has 4 N–H and O–H groups in total. The summed E-state index contributed by atoms with van der Waals surface area (Å²) in [6.07, 6.45) is 3.23. The van der Waals surface area contributed by atoms with Crippen LogP contribution >= 0.6 is 11.8 Å². The van der Waals surface area contributed by atoms with Crippen LogP contribution in [0, 0.1) is 5.41 Å². The van der Waals surface area contributed by atoms with E-state index in [9.17, 15) is 4.79 Å². The lowest BCUT2D eigenvalue weighted by Crippen LogP contribution is -2.30. The molecular formula is C6H12N2O3S. The normalized spacial score (nSPS) is 10.5. The molecule has 0 aromatic rings. The van der Waals surface area contributed by atoms with Gasteiger partial charge in [-0.3, -0.25) is 4.79 Å². The number of carbonyl (C=O) groups is 1. The van der Waals surface area contributed by atoms with Crippen molar-refractivity contribution in [1.29, 1.82) is 5.41 Å². The first-order chi connectivity index (χ1) is 5.59. The van der Waals surface area contributed by atoms with Crippen LogP contribution in [-0.2, 0) is 9.59 Å². The SMILES string of the molecule is CSCC[C@H](N)C(=O)O.N=C=O. The highest BCUT2D eigenvalue weighted by Crippen LogP contribution is 1.97. The summed E-state index contributed by atoms with van der Waals surface area (Å²) in [5.74, 6) is -0.1000. The summed E-state index contributed by atoms with van der Waals surface area (Å²) in [5.41, 5.74) is 5.19. The summed E-state index contributed by atoms with van der Waals surface area (Å²) < 4.78 is 0. The Hall–Kier alpha value is -0.840. The Morgan fingerprint density at radius 1 is 1.83 bits per heavy atom. The molecule has 1 atom stereocenters. The van der Waals surface area contributed by atoms with Crippen LogP contribution in [-0.4, -0.2) is 35.2 Å². The summed E-state index contributed by atoms with van der Waals surface area (Å²) >= 11 is 1.60. The molecule has 0 aromatic carbocycles. The van der Waals surface area contributed by atoms with Crippen molar-refractivity contribution in [3.63, 3.8) is 0 Å². The molecule has 0 saturated carbocycles. The smallest absolute Gasteiger partial charge is 0.320 e. The number of carbonyl (C=O) groups excluding carboxylic acids is 1. The largest absolute Gasteiger partial charge is 0.480 e. The number of isocyanates is 1. The Kier molecular flexibility index (Phi) is 11.6. The molecule has 0 radical (unpaired) electrons. The van der Waals surface area contributed by atoms with E-state index >= 15 is 0 Å². The van der Waals surface area contributed by atoms with Gasteiger partial charge in [0, 0.05) is 0 Å². The molecule has 0 spiro atoms. The first kappa shape index (κ1) is 13.7. The van der Waals surface area contributed by atoms with Crippen LogP contribution in [0.1, 0.15) is 6.42 Å². The molecule has 0 saturated heterocycles. The highest BCUT2D eigenvalue weighted by molar-refractivity contribution is 7.98. The summed E-state index contributed by atoms with van der Waals surface area (Å²) in [6.45, 7) is 0. The molecule has 70 valence electrons. The van der Waals surface area contributed by atoms with Crippen molar-refractivity contribution in [1.82, 2.24) is 0 Å². The molecule has 0 aliphatic rings.